The van der Waals surface area contributed by atoms with Crippen molar-refractivity contribution in [3.8, 4) is 11.1 Å². The van der Waals surface area contributed by atoms with Gasteiger partial charge in [0.25, 0.3) is 0 Å². The number of rotatable bonds is 3. The minimum absolute atomic E-state index is 0. The van der Waals surface area contributed by atoms with Crippen LogP contribution in [0.3, 0.4) is 0 Å². The molecule has 124 valence electrons. The van der Waals surface area contributed by atoms with Gasteiger partial charge in [-0.25, -0.2) is 4.99 Å². The third kappa shape index (κ3) is 4.68. The Morgan fingerprint density at radius 3 is 2.78 bits per heavy atom. The van der Waals surface area contributed by atoms with Crippen LogP contribution in [0.5, 0.6) is 0 Å². The molecule has 0 aliphatic carbocycles. The number of benzene rings is 1. The van der Waals surface area contributed by atoms with Crippen LogP contribution in [0.15, 0.2) is 41.7 Å². The molecule has 2 aromatic rings. The average molecular weight is 427 g/mol. The molecule has 0 unspecified atom stereocenters. The van der Waals surface area contributed by atoms with Crippen molar-refractivity contribution in [3.63, 3.8) is 0 Å². The van der Waals surface area contributed by atoms with Gasteiger partial charge in [0.15, 0.2) is 5.96 Å². The van der Waals surface area contributed by atoms with E-state index in [0.29, 0.717) is 25.7 Å². The second kappa shape index (κ2) is 8.30. The summed E-state index contributed by atoms with van der Waals surface area (Å²) >= 11 is 0. The highest BCUT2D eigenvalue weighted by Crippen LogP contribution is 2.19. The first-order valence-electron chi connectivity index (χ1n) is 7.43. The number of ether oxygens (including phenoxy) is 1. The van der Waals surface area contributed by atoms with Crippen LogP contribution in [0, 0.1) is 0 Å². The van der Waals surface area contributed by atoms with E-state index in [1.54, 1.807) is 4.68 Å². The average Bonchev–Trinajstić information content (AvgIpc) is 3.00. The lowest BCUT2D eigenvalue weighted by molar-refractivity contribution is 0.0674. The lowest BCUT2D eigenvalue weighted by Crippen LogP contribution is -2.44. The summed E-state index contributed by atoms with van der Waals surface area (Å²) in [6.45, 7) is 3.63. The highest BCUT2D eigenvalue weighted by molar-refractivity contribution is 14.0. The van der Waals surface area contributed by atoms with Gasteiger partial charge in [-0.2, -0.15) is 5.10 Å². The van der Waals surface area contributed by atoms with E-state index >= 15 is 0 Å². The van der Waals surface area contributed by atoms with Crippen molar-refractivity contribution in [2.24, 2.45) is 17.8 Å². The predicted octanol–water partition coefficient (Wildman–Crippen LogP) is 1.85. The fourth-order valence-electron chi connectivity index (χ4n) is 2.48. The molecule has 1 aliphatic rings. The van der Waals surface area contributed by atoms with Crippen LogP contribution in [0.25, 0.3) is 11.1 Å². The maximum atomic E-state index is 6.06. The van der Waals surface area contributed by atoms with Gasteiger partial charge in [-0.3, -0.25) is 4.68 Å². The Kier molecular flexibility index (Phi) is 6.40. The summed E-state index contributed by atoms with van der Waals surface area (Å²) in [6.07, 6.45) is 3.87. The number of aromatic nitrogens is 2. The highest BCUT2D eigenvalue weighted by Gasteiger charge is 2.11. The van der Waals surface area contributed by atoms with Crippen molar-refractivity contribution in [1.82, 2.24) is 14.7 Å². The third-order valence-electron chi connectivity index (χ3n) is 3.72. The largest absolute Gasteiger partial charge is 0.378 e. The zero-order valence-electron chi connectivity index (χ0n) is 13.2. The first-order valence-corrected chi connectivity index (χ1v) is 7.43. The van der Waals surface area contributed by atoms with E-state index in [9.17, 15) is 0 Å². The number of morpholine rings is 1. The number of hydrogen-bond donors (Lipinski definition) is 1. The molecule has 0 bridgehead atoms. The molecule has 2 heterocycles. The standard InChI is InChI=1S/C16H21N5O.HI/c1-20-12-15(11-19-20)14-4-2-3-13(9-14)10-18-16(17)21-5-7-22-8-6-21;/h2-4,9,11-12H,5-8,10H2,1H3,(H2,17,18);1H. The predicted molar refractivity (Wildman–Crippen MR) is 102 cm³/mol. The molecule has 1 saturated heterocycles. The highest BCUT2D eigenvalue weighted by atomic mass is 127. The molecular weight excluding hydrogens is 405 g/mol. The van der Waals surface area contributed by atoms with Gasteiger partial charge in [-0.05, 0) is 17.2 Å². The van der Waals surface area contributed by atoms with E-state index in [4.69, 9.17) is 10.5 Å². The zero-order chi connectivity index (χ0) is 15.4. The summed E-state index contributed by atoms with van der Waals surface area (Å²) in [4.78, 5) is 6.57. The molecule has 7 heteroatoms. The summed E-state index contributed by atoms with van der Waals surface area (Å²) < 4.78 is 7.12. The van der Waals surface area contributed by atoms with Crippen molar-refractivity contribution in [2.75, 3.05) is 26.3 Å². The Morgan fingerprint density at radius 2 is 2.09 bits per heavy atom. The zero-order valence-corrected chi connectivity index (χ0v) is 15.5. The van der Waals surface area contributed by atoms with Crippen LogP contribution in [0.2, 0.25) is 0 Å². The van der Waals surface area contributed by atoms with Crippen molar-refractivity contribution in [1.29, 1.82) is 0 Å². The molecule has 1 fully saturated rings. The van der Waals surface area contributed by atoms with Gasteiger partial charge in [-0.15, -0.1) is 24.0 Å². The molecule has 6 nitrogen and oxygen atoms in total. The number of aryl methyl sites for hydroxylation is 1. The van der Waals surface area contributed by atoms with Crippen LogP contribution in [-0.2, 0) is 18.3 Å². The van der Waals surface area contributed by atoms with Crippen LogP contribution in [0.4, 0.5) is 0 Å². The fourth-order valence-corrected chi connectivity index (χ4v) is 2.48. The molecule has 1 aromatic heterocycles. The number of hydrogen-bond acceptors (Lipinski definition) is 3. The van der Waals surface area contributed by atoms with Crippen LogP contribution in [-0.4, -0.2) is 46.9 Å². The molecule has 0 saturated carbocycles. The Labute approximate surface area is 153 Å². The van der Waals surface area contributed by atoms with Crippen molar-refractivity contribution in [3.05, 3.63) is 42.2 Å². The molecular formula is C16H22IN5O. The van der Waals surface area contributed by atoms with E-state index in [1.165, 1.54) is 0 Å². The third-order valence-corrected chi connectivity index (χ3v) is 3.72. The topological polar surface area (TPSA) is 68.7 Å². The summed E-state index contributed by atoms with van der Waals surface area (Å²) in [5.74, 6) is 0.593. The number of halogens is 1. The van der Waals surface area contributed by atoms with E-state index in [1.807, 2.05) is 25.5 Å². The first-order chi connectivity index (χ1) is 10.7. The molecule has 23 heavy (non-hydrogen) atoms. The summed E-state index contributed by atoms with van der Waals surface area (Å²) in [7, 11) is 1.92. The van der Waals surface area contributed by atoms with Crippen LogP contribution < -0.4 is 5.73 Å². The summed E-state index contributed by atoms with van der Waals surface area (Å²) in [5.41, 5.74) is 9.44. The Bertz CT molecular complexity index is 664. The van der Waals surface area contributed by atoms with E-state index in [2.05, 4.69) is 33.2 Å². The SMILES string of the molecule is Cn1cc(-c2cccc(CN=C(N)N3CCOCC3)c2)cn1.I. The van der Waals surface area contributed by atoms with Gasteiger partial charge in [0.2, 0.25) is 0 Å². The molecule has 0 atom stereocenters. The number of aliphatic imine (C=N–C) groups is 1. The number of guanidine groups is 1. The molecule has 1 aromatic carbocycles. The second-order valence-corrected chi connectivity index (χ2v) is 5.38. The number of nitrogens with zero attached hydrogens (tertiary/aromatic N) is 4. The van der Waals surface area contributed by atoms with Gasteiger partial charge in [-0.1, -0.05) is 18.2 Å². The fraction of sp³-hybridized carbons (Fsp3) is 0.375. The second-order valence-electron chi connectivity index (χ2n) is 5.38. The number of nitrogens with two attached hydrogens (primary N) is 1. The van der Waals surface area contributed by atoms with Crippen LogP contribution in [0.1, 0.15) is 5.56 Å². The summed E-state index contributed by atoms with van der Waals surface area (Å²) in [5, 5.41) is 4.21. The van der Waals surface area contributed by atoms with Gasteiger partial charge in [0.05, 0.1) is 26.0 Å². The van der Waals surface area contributed by atoms with Gasteiger partial charge < -0.3 is 15.4 Å². The quantitative estimate of drug-likeness (QED) is 0.461. The maximum absolute atomic E-state index is 6.06. The monoisotopic (exact) mass is 427 g/mol. The lowest BCUT2D eigenvalue weighted by Gasteiger charge is -2.27. The molecule has 3 rings (SSSR count). The molecule has 2 N–H and O–H groups in total. The van der Waals surface area contributed by atoms with Gasteiger partial charge in [0, 0.05) is 31.9 Å². The first kappa shape index (κ1) is 17.7. The minimum Gasteiger partial charge on any atom is -0.378 e. The van der Waals surface area contributed by atoms with Crippen LogP contribution >= 0.6 is 24.0 Å². The molecule has 1 aliphatic heterocycles. The van der Waals surface area contributed by atoms with E-state index in [0.717, 1.165) is 29.8 Å². The van der Waals surface area contributed by atoms with Crippen molar-refractivity contribution >= 4 is 29.9 Å². The Morgan fingerprint density at radius 1 is 1.30 bits per heavy atom. The van der Waals surface area contributed by atoms with Crippen molar-refractivity contribution in [2.45, 2.75) is 6.54 Å². The maximum Gasteiger partial charge on any atom is 0.191 e. The van der Waals surface area contributed by atoms with Gasteiger partial charge in [0.1, 0.15) is 0 Å². The minimum atomic E-state index is 0. The molecule has 0 amide bonds. The Hall–Kier alpha value is -1.61. The van der Waals surface area contributed by atoms with E-state index < -0.39 is 0 Å². The molecule has 0 spiro atoms. The lowest BCUT2D eigenvalue weighted by atomic mass is 10.1. The summed E-state index contributed by atoms with van der Waals surface area (Å²) in [6, 6.07) is 8.32. The smallest absolute Gasteiger partial charge is 0.191 e. The Balaban J connectivity index is 0.00000192. The molecule has 0 radical (unpaired) electrons. The van der Waals surface area contributed by atoms with Gasteiger partial charge >= 0.3 is 0 Å². The normalized spacial score (nSPS) is 15.3. The van der Waals surface area contributed by atoms with E-state index in [-0.39, 0.29) is 24.0 Å². The van der Waals surface area contributed by atoms with Crippen molar-refractivity contribution < 1.29 is 4.74 Å².